The van der Waals surface area contributed by atoms with Gasteiger partial charge in [0, 0.05) is 7.05 Å². The Morgan fingerprint density at radius 3 is 2.39 bits per heavy atom. The summed E-state index contributed by atoms with van der Waals surface area (Å²) in [6.07, 6.45) is -8.12. The van der Waals surface area contributed by atoms with Gasteiger partial charge >= 0.3 is 6.18 Å². The second-order valence-electron chi connectivity index (χ2n) is 6.15. The third-order valence-electron chi connectivity index (χ3n) is 4.05. The van der Waals surface area contributed by atoms with Gasteiger partial charge in [-0.1, -0.05) is 29.8 Å². The maximum Gasteiger partial charge on any atom is 0.420 e. The van der Waals surface area contributed by atoms with Gasteiger partial charge in [-0.25, -0.2) is 13.5 Å². The van der Waals surface area contributed by atoms with Crippen LogP contribution in [0.1, 0.15) is 28.0 Å². The van der Waals surface area contributed by atoms with Gasteiger partial charge in [0.1, 0.15) is 22.0 Å². The number of nitrogens with one attached hydrogen (secondary N) is 1. The molecule has 0 spiro atoms. The molecule has 3 aromatic rings. The molecule has 2 aromatic carbocycles. The number of para-hydroxylation sites is 1. The van der Waals surface area contributed by atoms with E-state index in [2.05, 4.69) is 5.10 Å². The van der Waals surface area contributed by atoms with Crippen molar-refractivity contribution in [1.29, 1.82) is 0 Å². The summed E-state index contributed by atoms with van der Waals surface area (Å²) in [5, 5.41) is 4.62. The number of anilines is 1. The van der Waals surface area contributed by atoms with Crippen LogP contribution in [0.25, 0.3) is 0 Å². The Balaban J connectivity index is 2.03. The molecule has 0 saturated carbocycles. The standard InChI is InChI=1S/C19H12ClF6N3O2/c1-29-17(23)12(14(28-29)16(21)22)18(30)27-11-8-7-10(19(24,25)26)15(13(11)20)31-9-5-3-2-4-6-9/h2-8,16H,1H3,(H,27,30). The van der Waals surface area contributed by atoms with Crippen LogP contribution in [0.15, 0.2) is 42.5 Å². The van der Waals surface area contributed by atoms with Gasteiger partial charge in [0.2, 0.25) is 5.95 Å². The average molecular weight is 464 g/mol. The van der Waals surface area contributed by atoms with Crippen molar-refractivity contribution in [2.45, 2.75) is 12.6 Å². The van der Waals surface area contributed by atoms with Crippen molar-refractivity contribution < 1.29 is 35.9 Å². The molecule has 0 atom stereocenters. The lowest BCUT2D eigenvalue weighted by Gasteiger charge is -2.18. The molecule has 1 aromatic heterocycles. The summed E-state index contributed by atoms with van der Waals surface area (Å²) in [6, 6.07) is 8.78. The predicted molar refractivity (Wildman–Crippen MR) is 99.0 cm³/mol. The normalized spacial score (nSPS) is 11.6. The lowest BCUT2D eigenvalue weighted by molar-refractivity contribution is -0.138. The summed E-state index contributed by atoms with van der Waals surface area (Å²) in [5.74, 6) is -3.51. The molecule has 0 unspecified atom stereocenters. The van der Waals surface area contributed by atoms with Crippen molar-refractivity contribution in [2.75, 3.05) is 5.32 Å². The Kier molecular flexibility index (Phi) is 6.16. The first-order valence-corrected chi connectivity index (χ1v) is 8.83. The number of halogens is 7. The van der Waals surface area contributed by atoms with E-state index in [-0.39, 0.29) is 5.75 Å². The first-order valence-electron chi connectivity index (χ1n) is 8.45. The van der Waals surface area contributed by atoms with Crippen LogP contribution in [0, 0.1) is 5.95 Å². The second kappa shape index (κ2) is 8.50. The monoisotopic (exact) mass is 463 g/mol. The molecule has 1 heterocycles. The predicted octanol–water partition coefficient (Wildman–Crippen LogP) is 6.21. The van der Waals surface area contributed by atoms with Gasteiger partial charge in [0.15, 0.2) is 5.75 Å². The molecule has 1 N–H and O–H groups in total. The Bertz CT molecular complexity index is 1120. The van der Waals surface area contributed by atoms with Crippen LogP contribution < -0.4 is 10.1 Å². The highest BCUT2D eigenvalue weighted by Crippen LogP contribution is 2.45. The Hall–Kier alpha value is -3.21. The van der Waals surface area contributed by atoms with E-state index >= 15 is 0 Å². The van der Waals surface area contributed by atoms with Crippen LogP contribution in [0.2, 0.25) is 5.02 Å². The number of aryl methyl sites for hydroxylation is 1. The SMILES string of the molecule is Cn1nc(C(F)F)c(C(=O)Nc2ccc(C(F)(F)F)c(Oc3ccccc3)c2Cl)c1F. The third kappa shape index (κ3) is 4.61. The molecule has 0 bridgehead atoms. The maximum atomic E-state index is 14.1. The number of aromatic nitrogens is 2. The highest BCUT2D eigenvalue weighted by atomic mass is 35.5. The zero-order valence-electron chi connectivity index (χ0n) is 15.5. The summed E-state index contributed by atoms with van der Waals surface area (Å²) in [7, 11) is 1.01. The van der Waals surface area contributed by atoms with E-state index in [0.717, 1.165) is 13.1 Å². The topological polar surface area (TPSA) is 56.2 Å². The molecular weight excluding hydrogens is 452 g/mol. The quantitative estimate of drug-likeness (QED) is 0.457. The van der Waals surface area contributed by atoms with E-state index in [1.165, 1.54) is 24.3 Å². The number of carbonyl (C=O) groups excluding carboxylic acids is 1. The molecule has 31 heavy (non-hydrogen) atoms. The van der Waals surface area contributed by atoms with E-state index < -0.39 is 57.7 Å². The summed E-state index contributed by atoms with van der Waals surface area (Å²) in [6.45, 7) is 0. The van der Waals surface area contributed by atoms with Crippen LogP contribution in [0.4, 0.5) is 32.0 Å². The average Bonchev–Trinajstić information content (AvgIpc) is 3.00. The number of hydrogen-bond donors (Lipinski definition) is 1. The van der Waals surface area contributed by atoms with Crippen molar-refractivity contribution >= 4 is 23.2 Å². The summed E-state index contributed by atoms with van der Waals surface area (Å²) < 4.78 is 86.3. The van der Waals surface area contributed by atoms with E-state index in [4.69, 9.17) is 16.3 Å². The number of benzene rings is 2. The second-order valence-corrected chi connectivity index (χ2v) is 6.52. The third-order valence-corrected chi connectivity index (χ3v) is 4.43. The molecule has 0 aliphatic rings. The van der Waals surface area contributed by atoms with Crippen LogP contribution in [0.3, 0.4) is 0 Å². The maximum absolute atomic E-state index is 14.1. The molecule has 3 rings (SSSR count). The molecule has 0 fully saturated rings. The Labute approximate surface area is 176 Å². The van der Waals surface area contributed by atoms with Gasteiger partial charge in [0.25, 0.3) is 12.3 Å². The minimum absolute atomic E-state index is 0.0247. The Morgan fingerprint density at radius 1 is 1.16 bits per heavy atom. The molecule has 12 heteroatoms. The molecule has 164 valence electrons. The van der Waals surface area contributed by atoms with Gasteiger partial charge in [0.05, 0.1) is 11.3 Å². The van der Waals surface area contributed by atoms with Gasteiger partial charge < -0.3 is 10.1 Å². The fourth-order valence-corrected chi connectivity index (χ4v) is 2.90. The van der Waals surface area contributed by atoms with Crippen LogP contribution in [-0.4, -0.2) is 15.7 Å². The summed E-state index contributed by atoms with van der Waals surface area (Å²) in [4.78, 5) is 12.4. The fraction of sp³-hybridized carbons (Fsp3) is 0.158. The molecule has 0 aliphatic carbocycles. The zero-order valence-corrected chi connectivity index (χ0v) is 16.2. The molecular formula is C19H12ClF6N3O2. The molecule has 1 amide bonds. The summed E-state index contributed by atoms with van der Waals surface area (Å²) >= 11 is 6.05. The van der Waals surface area contributed by atoms with Crippen molar-refractivity contribution in [3.63, 3.8) is 0 Å². The smallest absolute Gasteiger partial charge is 0.420 e. The summed E-state index contributed by atoms with van der Waals surface area (Å²) in [5.41, 5.74) is -3.82. The van der Waals surface area contributed by atoms with E-state index in [9.17, 15) is 31.1 Å². The first kappa shape index (κ1) is 22.5. The first-order chi connectivity index (χ1) is 14.5. The minimum atomic E-state index is -4.85. The van der Waals surface area contributed by atoms with Crippen molar-refractivity contribution in [3.05, 3.63) is 70.3 Å². The van der Waals surface area contributed by atoms with E-state index in [0.29, 0.717) is 10.7 Å². The number of hydrogen-bond acceptors (Lipinski definition) is 3. The molecule has 0 aliphatic heterocycles. The van der Waals surface area contributed by atoms with Gasteiger partial charge in [-0.3, -0.25) is 4.79 Å². The largest absolute Gasteiger partial charge is 0.455 e. The number of rotatable bonds is 5. The van der Waals surface area contributed by atoms with Crippen LogP contribution in [0.5, 0.6) is 11.5 Å². The van der Waals surface area contributed by atoms with Crippen LogP contribution >= 0.6 is 11.6 Å². The highest BCUT2D eigenvalue weighted by molar-refractivity contribution is 6.35. The fourth-order valence-electron chi connectivity index (χ4n) is 2.65. The molecule has 0 saturated heterocycles. The van der Waals surface area contributed by atoms with Crippen LogP contribution in [-0.2, 0) is 13.2 Å². The number of amides is 1. The number of nitrogens with zero attached hydrogens (tertiary/aromatic N) is 2. The Morgan fingerprint density at radius 2 is 1.81 bits per heavy atom. The molecule has 0 radical (unpaired) electrons. The van der Waals surface area contributed by atoms with Gasteiger partial charge in [-0.05, 0) is 24.3 Å². The van der Waals surface area contributed by atoms with Crippen molar-refractivity contribution in [2.24, 2.45) is 7.05 Å². The van der Waals surface area contributed by atoms with Gasteiger partial charge in [-0.15, -0.1) is 0 Å². The number of ether oxygens (including phenoxy) is 1. The zero-order chi connectivity index (χ0) is 22.9. The van der Waals surface area contributed by atoms with E-state index in [1.54, 1.807) is 6.07 Å². The van der Waals surface area contributed by atoms with Crippen molar-refractivity contribution in [3.8, 4) is 11.5 Å². The number of alkyl halides is 5. The van der Waals surface area contributed by atoms with Gasteiger partial charge in [-0.2, -0.15) is 22.7 Å². The highest BCUT2D eigenvalue weighted by Gasteiger charge is 2.37. The molecule has 5 nitrogen and oxygen atoms in total. The number of carbonyl (C=O) groups is 1. The van der Waals surface area contributed by atoms with E-state index in [1.807, 2.05) is 5.32 Å². The lowest BCUT2D eigenvalue weighted by Crippen LogP contribution is -2.16. The lowest BCUT2D eigenvalue weighted by atomic mass is 10.1. The minimum Gasteiger partial charge on any atom is -0.455 e. The van der Waals surface area contributed by atoms with Crippen molar-refractivity contribution in [1.82, 2.24) is 9.78 Å².